The van der Waals surface area contributed by atoms with Crippen LogP contribution in [0.4, 0.5) is 0 Å². The van der Waals surface area contributed by atoms with Gasteiger partial charge in [0.1, 0.15) is 5.75 Å². The van der Waals surface area contributed by atoms with Crippen molar-refractivity contribution in [3.63, 3.8) is 0 Å². The molecular formula is C16H24N2O2. The van der Waals surface area contributed by atoms with E-state index >= 15 is 0 Å². The van der Waals surface area contributed by atoms with Crippen LogP contribution in [0.1, 0.15) is 25.3 Å². The highest BCUT2D eigenvalue weighted by Crippen LogP contribution is 2.15. The smallest absolute Gasteiger partial charge is 0.227 e. The maximum atomic E-state index is 12.5. The Morgan fingerprint density at radius 3 is 2.70 bits per heavy atom. The quantitative estimate of drug-likeness (QED) is 0.862. The Kier molecular flexibility index (Phi) is 5.41. The molecule has 0 aliphatic carbocycles. The number of benzene rings is 1. The van der Waals surface area contributed by atoms with Crippen LogP contribution in [0.2, 0.25) is 0 Å². The molecule has 1 amide bonds. The Labute approximate surface area is 121 Å². The normalized spacial score (nSPS) is 18.0. The number of hydrogen-bond acceptors (Lipinski definition) is 3. The minimum atomic E-state index is 0.228. The largest absolute Gasteiger partial charge is 0.497 e. The summed E-state index contributed by atoms with van der Waals surface area (Å²) in [4.78, 5) is 14.6. The van der Waals surface area contributed by atoms with E-state index in [9.17, 15) is 4.79 Å². The number of hydrogen-bond donors (Lipinski definition) is 1. The fraction of sp³-hybridized carbons (Fsp3) is 0.562. The predicted octanol–water partition coefficient (Wildman–Crippen LogP) is 1.84. The summed E-state index contributed by atoms with van der Waals surface area (Å²) in [5.41, 5.74) is 1.04. The van der Waals surface area contributed by atoms with Crippen LogP contribution in [0.15, 0.2) is 24.3 Å². The molecule has 1 saturated heterocycles. The number of carbonyl (C=O) groups excluding carboxylic acids is 1. The molecule has 1 N–H and O–H groups in total. The molecule has 1 aliphatic rings. The molecule has 0 radical (unpaired) electrons. The van der Waals surface area contributed by atoms with Crippen molar-refractivity contribution in [1.29, 1.82) is 0 Å². The first kappa shape index (κ1) is 14.9. The second-order valence-electron chi connectivity index (χ2n) is 5.26. The van der Waals surface area contributed by atoms with Crippen molar-refractivity contribution in [1.82, 2.24) is 10.2 Å². The van der Waals surface area contributed by atoms with Crippen LogP contribution in [0.3, 0.4) is 0 Å². The van der Waals surface area contributed by atoms with Crippen molar-refractivity contribution in [3.05, 3.63) is 29.8 Å². The summed E-state index contributed by atoms with van der Waals surface area (Å²) in [6.07, 6.45) is 2.54. The Hall–Kier alpha value is -1.55. The Bertz CT molecular complexity index is 425. The van der Waals surface area contributed by atoms with E-state index in [2.05, 4.69) is 12.2 Å². The predicted molar refractivity (Wildman–Crippen MR) is 80.0 cm³/mol. The summed E-state index contributed by atoms with van der Waals surface area (Å²) in [6.45, 7) is 4.91. The maximum Gasteiger partial charge on any atom is 0.227 e. The van der Waals surface area contributed by atoms with Gasteiger partial charge in [-0.15, -0.1) is 0 Å². The number of carbonyl (C=O) groups is 1. The Morgan fingerprint density at radius 1 is 1.40 bits per heavy atom. The molecule has 1 fully saturated rings. The molecule has 20 heavy (non-hydrogen) atoms. The fourth-order valence-corrected chi connectivity index (χ4v) is 2.68. The highest BCUT2D eigenvalue weighted by molar-refractivity contribution is 5.79. The van der Waals surface area contributed by atoms with E-state index in [0.717, 1.165) is 43.8 Å². The number of nitrogens with one attached hydrogen (secondary N) is 1. The summed E-state index contributed by atoms with van der Waals surface area (Å²) < 4.78 is 5.14. The van der Waals surface area contributed by atoms with Gasteiger partial charge in [-0.2, -0.15) is 0 Å². The third-order valence-corrected chi connectivity index (χ3v) is 3.77. The average Bonchev–Trinajstić information content (AvgIpc) is 2.99. The molecule has 0 spiro atoms. The lowest BCUT2D eigenvalue weighted by molar-refractivity contribution is -0.132. The van der Waals surface area contributed by atoms with Crippen LogP contribution in [0, 0.1) is 0 Å². The highest BCUT2D eigenvalue weighted by atomic mass is 16.5. The molecule has 4 heteroatoms. The van der Waals surface area contributed by atoms with Crippen molar-refractivity contribution in [2.24, 2.45) is 0 Å². The van der Waals surface area contributed by atoms with Crippen molar-refractivity contribution in [2.75, 3.05) is 26.7 Å². The van der Waals surface area contributed by atoms with Crippen molar-refractivity contribution in [3.8, 4) is 5.75 Å². The first-order valence-corrected chi connectivity index (χ1v) is 7.37. The monoisotopic (exact) mass is 276 g/mol. The maximum absolute atomic E-state index is 12.5. The molecule has 1 aliphatic heterocycles. The van der Waals surface area contributed by atoms with Crippen molar-refractivity contribution < 1.29 is 9.53 Å². The van der Waals surface area contributed by atoms with E-state index < -0.39 is 0 Å². The van der Waals surface area contributed by atoms with E-state index in [-0.39, 0.29) is 5.91 Å². The molecule has 4 nitrogen and oxygen atoms in total. The van der Waals surface area contributed by atoms with E-state index in [4.69, 9.17) is 4.74 Å². The molecular weight excluding hydrogens is 252 g/mol. The molecule has 1 aromatic rings. The van der Waals surface area contributed by atoms with E-state index in [1.54, 1.807) is 7.11 Å². The van der Waals surface area contributed by atoms with Gasteiger partial charge in [0.25, 0.3) is 0 Å². The number of nitrogens with zero attached hydrogens (tertiary/aromatic N) is 1. The third kappa shape index (κ3) is 3.73. The molecule has 0 aromatic heterocycles. The molecule has 1 aromatic carbocycles. The van der Waals surface area contributed by atoms with Crippen LogP contribution in [-0.4, -0.2) is 43.6 Å². The zero-order valence-corrected chi connectivity index (χ0v) is 12.4. The summed E-state index contributed by atoms with van der Waals surface area (Å²) in [5.74, 6) is 1.05. The molecule has 1 atom stereocenters. The summed E-state index contributed by atoms with van der Waals surface area (Å²) in [7, 11) is 1.65. The molecule has 2 rings (SSSR count). The summed E-state index contributed by atoms with van der Waals surface area (Å²) in [5, 5.41) is 3.33. The Balaban J connectivity index is 1.99. The third-order valence-electron chi connectivity index (χ3n) is 3.77. The lowest BCUT2D eigenvalue weighted by Crippen LogP contribution is -2.42. The van der Waals surface area contributed by atoms with Gasteiger partial charge in [0.05, 0.1) is 13.5 Å². The topological polar surface area (TPSA) is 41.6 Å². The van der Waals surface area contributed by atoms with E-state index in [1.165, 1.54) is 0 Å². The van der Waals surface area contributed by atoms with Gasteiger partial charge in [-0.25, -0.2) is 0 Å². The van der Waals surface area contributed by atoms with Crippen LogP contribution in [0.5, 0.6) is 5.75 Å². The van der Waals surface area contributed by atoms with E-state index in [0.29, 0.717) is 12.5 Å². The zero-order valence-electron chi connectivity index (χ0n) is 12.4. The minimum Gasteiger partial charge on any atom is -0.497 e. The second-order valence-corrected chi connectivity index (χ2v) is 5.26. The van der Waals surface area contributed by atoms with Gasteiger partial charge >= 0.3 is 0 Å². The lowest BCUT2D eigenvalue weighted by atomic mass is 10.1. The SMILES string of the molecule is CCCN(C(=O)Cc1ccc(OC)cc1)C1CCNC1. The standard InChI is InChI=1S/C16H24N2O2/c1-3-10-18(14-8-9-17-12-14)16(19)11-13-4-6-15(20-2)7-5-13/h4-7,14,17H,3,8-12H2,1-2H3. The van der Waals surface area contributed by atoms with Gasteiger partial charge in [0.15, 0.2) is 0 Å². The molecule has 110 valence electrons. The van der Waals surface area contributed by atoms with Crippen LogP contribution < -0.4 is 10.1 Å². The van der Waals surface area contributed by atoms with Crippen molar-refractivity contribution >= 4 is 5.91 Å². The van der Waals surface area contributed by atoms with Gasteiger partial charge in [0.2, 0.25) is 5.91 Å². The number of rotatable bonds is 6. The second kappa shape index (κ2) is 7.29. The number of ether oxygens (including phenoxy) is 1. The first-order valence-electron chi connectivity index (χ1n) is 7.37. The molecule has 0 bridgehead atoms. The molecule has 1 unspecified atom stereocenters. The lowest BCUT2D eigenvalue weighted by Gasteiger charge is -2.28. The van der Waals surface area contributed by atoms with Gasteiger partial charge in [-0.1, -0.05) is 19.1 Å². The summed E-state index contributed by atoms with van der Waals surface area (Å²) >= 11 is 0. The Morgan fingerprint density at radius 2 is 2.15 bits per heavy atom. The van der Waals surface area contributed by atoms with Gasteiger partial charge in [-0.05, 0) is 37.1 Å². The van der Waals surface area contributed by atoms with Crippen LogP contribution >= 0.6 is 0 Å². The zero-order chi connectivity index (χ0) is 14.4. The first-order chi connectivity index (χ1) is 9.74. The number of amides is 1. The minimum absolute atomic E-state index is 0.228. The van der Waals surface area contributed by atoms with Crippen molar-refractivity contribution in [2.45, 2.75) is 32.2 Å². The highest BCUT2D eigenvalue weighted by Gasteiger charge is 2.25. The van der Waals surface area contributed by atoms with Crippen LogP contribution in [-0.2, 0) is 11.2 Å². The van der Waals surface area contributed by atoms with Gasteiger partial charge < -0.3 is 15.0 Å². The van der Waals surface area contributed by atoms with E-state index in [1.807, 2.05) is 29.2 Å². The number of methoxy groups -OCH3 is 1. The summed E-state index contributed by atoms with van der Waals surface area (Å²) in [6, 6.07) is 8.11. The fourth-order valence-electron chi connectivity index (χ4n) is 2.68. The van der Waals surface area contributed by atoms with Gasteiger partial charge in [-0.3, -0.25) is 4.79 Å². The molecule has 0 saturated carbocycles. The average molecular weight is 276 g/mol. The molecule has 1 heterocycles. The van der Waals surface area contributed by atoms with Crippen LogP contribution in [0.25, 0.3) is 0 Å². The van der Waals surface area contributed by atoms with Gasteiger partial charge in [0, 0.05) is 19.1 Å².